The number of nitrogens with zero attached hydrogens (tertiary/aromatic N) is 1. The molecule has 1 aliphatic carbocycles. The average molecular weight is 238 g/mol. The van der Waals surface area contributed by atoms with Crippen molar-refractivity contribution in [3.63, 3.8) is 0 Å². The van der Waals surface area contributed by atoms with E-state index < -0.39 is 0 Å². The molecule has 90 valence electrons. The smallest absolute Gasteiger partial charge is 0.0897 e. The van der Waals surface area contributed by atoms with Crippen molar-refractivity contribution in [3.05, 3.63) is 16.1 Å². The molecule has 1 saturated carbocycles. The maximum Gasteiger partial charge on any atom is 0.0897 e. The lowest BCUT2D eigenvalue weighted by Crippen LogP contribution is -2.34. The predicted molar refractivity (Wildman–Crippen MR) is 69.7 cm³/mol. The summed E-state index contributed by atoms with van der Waals surface area (Å²) in [6.07, 6.45) is 9.12. The van der Waals surface area contributed by atoms with E-state index in [1.807, 2.05) is 6.20 Å². The molecular formula is C13H22N2S. The third-order valence-electron chi connectivity index (χ3n) is 3.62. The van der Waals surface area contributed by atoms with Crippen LogP contribution in [0, 0.1) is 12.8 Å². The van der Waals surface area contributed by atoms with Gasteiger partial charge in [0.25, 0.3) is 0 Å². The summed E-state index contributed by atoms with van der Waals surface area (Å²) in [6.45, 7) is 5.39. The maximum atomic E-state index is 4.29. The summed E-state index contributed by atoms with van der Waals surface area (Å²) < 4.78 is 0. The summed E-state index contributed by atoms with van der Waals surface area (Å²) in [7, 11) is 0. The molecule has 1 aromatic rings. The minimum atomic E-state index is 0.655. The van der Waals surface area contributed by atoms with Crippen molar-refractivity contribution < 1.29 is 0 Å². The fourth-order valence-electron chi connectivity index (χ4n) is 2.55. The summed E-state index contributed by atoms with van der Waals surface area (Å²) in [5.74, 6) is 0.891. The number of thiazole rings is 1. The summed E-state index contributed by atoms with van der Waals surface area (Å²) in [5.41, 5.74) is 0. The van der Waals surface area contributed by atoms with E-state index in [0.717, 1.165) is 12.5 Å². The van der Waals surface area contributed by atoms with E-state index in [4.69, 9.17) is 0 Å². The zero-order chi connectivity index (χ0) is 11.4. The fraction of sp³-hybridized carbons (Fsp3) is 0.769. The first-order chi connectivity index (χ1) is 7.75. The van der Waals surface area contributed by atoms with Gasteiger partial charge in [-0.1, -0.05) is 19.3 Å². The van der Waals surface area contributed by atoms with Crippen molar-refractivity contribution in [2.45, 2.75) is 58.5 Å². The molecule has 2 nitrogen and oxygen atoms in total. The molecule has 1 unspecified atom stereocenters. The molecule has 0 bridgehead atoms. The molecule has 1 atom stereocenters. The van der Waals surface area contributed by atoms with Gasteiger partial charge in [-0.15, -0.1) is 11.3 Å². The Balaban J connectivity index is 1.76. The molecule has 1 fully saturated rings. The highest BCUT2D eigenvalue weighted by molar-refractivity contribution is 7.11. The predicted octanol–water partition coefficient (Wildman–Crippen LogP) is 3.51. The number of aromatic nitrogens is 1. The Labute approximate surface area is 102 Å². The van der Waals surface area contributed by atoms with Crippen LogP contribution in [0.4, 0.5) is 0 Å². The highest BCUT2D eigenvalue weighted by Gasteiger charge is 2.19. The first kappa shape index (κ1) is 12.1. The number of rotatable bonds is 4. The Morgan fingerprint density at radius 2 is 2.19 bits per heavy atom. The van der Waals surface area contributed by atoms with Crippen LogP contribution in [-0.4, -0.2) is 11.0 Å². The molecule has 1 heterocycles. The molecule has 3 heteroatoms. The van der Waals surface area contributed by atoms with Gasteiger partial charge >= 0.3 is 0 Å². The molecular weight excluding hydrogens is 216 g/mol. The molecule has 16 heavy (non-hydrogen) atoms. The van der Waals surface area contributed by atoms with Gasteiger partial charge in [0.05, 0.1) is 5.01 Å². The monoisotopic (exact) mass is 238 g/mol. The van der Waals surface area contributed by atoms with Crippen LogP contribution in [0.3, 0.4) is 0 Å². The Morgan fingerprint density at radius 3 is 2.81 bits per heavy atom. The van der Waals surface area contributed by atoms with Gasteiger partial charge in [0.1, 0.15) is 0 Å². The van der Waals surface area contributed by atoms with E-state index in [0.29, 0.717) is 6.04 Å². The molecule has 1 N–H and O–H groups in total. The Kier molecular flexibility index (Phi) is 4.36. The van der Waals surface area contributed by atoms with E-state index in [9.17, 15) is 0 Å². The zero-order valence-electron chi connectivity index (χ0n) is 10.3. The molecule has 1 aromatic heterocycles. The fourth-order valence-corrected chi connectivity index (χ4v) is 3.30. The lowest BCUT2D eigenvalue weighted by molar-refractivity contribution is 0.281. The first-order valence-electron chi connectivity index (χ1n) is 6.40. The average Bonchev–Trinajstić information content (AvgIpc) is 2.73. The van der Waals surface area contributed by atoms with Crippen molar-refractivity contribution in [2.75, 3.05) is 0 Å². The van der Waals surface area contributed by atoms with Gasteiger partial charge in [-0.3, -0.25) is 0 Å². The van der Waals surface area contributed by atoms with Crippen molar-refractivity contribution in [3.8, 4) is 0 Å². The van der Waals surface area contributed by atoms with E-state index in [2.05, 4.69) is 24.1 Å². The van der Waals surface area contributed by atoms with Crippen LogP contribution in [0.25, 0.3) is 0 Å². The summed E-state index contributed by atoms with van der Waals surface area (Å²) in [4.78, 5) is 5.65. The van der Waals surface area contributed by atoms with Crippen LogP contribution < -0.4 is 5.32 Å². The molecule has 0 aliphatic heterocycles. The third-order valence-corrected chi connectivity index (χ3v) is 4.54. The lowest BCUT2D eigenvalue weighted by atomic mass is 9.84. The Morgan fingerprint density at radius 1 is 1.44 bits per heavy atom. The summed E-state index contributed by atoms with van der Waals surface area (Å²) in [6, 6.07) is 0.655. The Bertz CT molecular complexity index is 315. The van der Waals surface area contributed by atoms with Crippen LogP contribution in [0.1, 0.15) is 48.9 Å². The normalized spacial score (nSPS) is 19.9. The highest BCUT2D eigenvalue weighted by atomic mass is 32.1. The van der Waals surface area contributed by atoms with E-state index in [-0.39, 0.29) is 0 Å². The minimum Gasteiger partial charge on any atom is -0.309 e. The Hall–Kier alpha value is -0.410. The van der Waals surface area contributed by atoms with Gasteiger partial charge in [-0.05, 0) is 32.6 Å². The maximum absolute atomic E-state index is 4.29. The second-order valence-corrected chi connectivity index (χ2v) is 6.23. The van der Waals surface area contributed by atoms with E-state index >= 15 is 0 Å². The second-order valence-electron chi connectivity index (χ2n) is 4.91. The van der Waals surface area contributed by atoms with E-state index in [1.54, 1.807) is 11.3 Å². The van der Waals surface area contributed by atoms with Gasteiger partial charge in [-0.25, -0.2) is 4.98 Å². The second kappa shape index (κ2) is 5.78. The number of hydrogen-bond acceptors (Lipinski definition) is 3. The minimum absolute atomic E-state index is 0.655. The quantitative estimate of drug-likeness (QED) is 0.868. The lowest BCUT2D eigenvalue weighted by Gasteiger charge is -2.28. The number of nitrogens with one attached hydrogen (secondary N) is 1. The SMILES string of the molecule is Cc1ncc(CNC(C)C2CCCCC2)s1. The molecule has 0 saturated heterocycles. The van der Waals surface area contributed by atoms with E-state index in [1.165, 1.54) is 42.0 Å². The van der Waals surface area contributed by atoms with Crippen molar-refractivity contribution in [1.82, 2.24) is 10.3 Å². The molecule has 0 aromatic carbocycles. The van der Waals surface area contributed by atoms with Crippen LogP contribution in [-0.2, 0) is 6.54 Å². The topological polar surface area (TPSA) is 24.9 Å². The largest absolute Gasteiger partial charge is 0.309 e. The van der Waals surface area contributed by atoms with Crippen LogP contribution >= 0.6 is 11.3 Å². The highest BCUT2D eigenvalue weighted by Crippen LogP contribution is 2.26. The van der Waals surface area contributed by atoms with Gasteiger partial charge in [-0.2, -0.15) is 0 Å². The molecule has 0 amide bonds. The molecule has 0 spiro atoms. The first-order valence-corrected chi connectivity index (χ1v) is 7.22. The number of hydrogen-bond donors (Lipinski definition) is 1. The molecule has 2 rings (SSSR count). The third kappa shape index (κ3) is 3.29. The van der Waals surface area contributed by atoms with Crippen molar-refractivity contribution in [1.29, 1.82) is 0 Å². The molecule has 0 radical (unpaired) electrons. The van der Waals surface area contributed by atoms with Crippen LogP contribution in [0.15, 0.2) is 6.20 Å². The van der Waals surface area contributed by atoms with Crippen LogP contribution in [0.2, 0.25) is 0 Å². The number of aryl methyl sites for hydroxylation is 1. The zero-order valence-corrected chi connectivity index (χ0v) is 11.1. The van der Waals surface area contributed by atoms with Gasteiger partial charge in [0.15, 0.2) is 0 Å². The van der Waals surface area contributed by atoms with Crippen LogP contribution in [0.5, 0.6) is 0 Å². The summed E-state index contributed by atoms with van der Waals surface area (Å²) >= 11 is 1.80. The van der Waals surface area contributed by atoms with Crippen molar-refractivity contribution >= 4 is 11.3 Å². The van der Waals surface area contributed by atoms with Gasteiger partial charge in [0.2, 0.25) is 0 Å². The van der Waals surface area contributed by atoms with Gasteiger partial charge in [0, 0.05) is 23.7 Å². The van der Waals surface area contributed by atoms with Crippen molar-refractivity contribution in [2.24, 2.45) is 5.92 Å². The molecule has 1 aliphatic rings. The van der Waals surface area contributed by atoms with Gasteiger partial charge < -0.3 is 5.32 Å². The standard InChI is InChI=1S/C13H22N2S/c1-10(12-6-4-3-5-7-12)14-8-13-9-15-11(2)16-13/h9-10,12,14H,3-8H2,1-2H3. The summed E-state index contributed by atoms with van der Waals surface area (Å²) in [5, 5.41) is 4.82.